The molecule has 0 aliphatic carbocycles. The molecule has 0 saturated heterocycles. The minimum atomic E-state index is 0. The fourth-order valence-electron chi connectivity index (χ4n) is 1.17. The molecular weight excluding hydrogens is 264 g/mol. The van der Waals surface area contributed by atoms with Crippen molar-refractivity contribution in [2.75, 3.05) is 20.0 Å². The molecule has 2 aromatic rings. The molecule has 0 heterocycles. The molecule has 0 aliphatic heterocycles. The van der Waals surface area contributed by atoms with E-state index in [1.165, 1.54) is 0 Å². The van der Waals surface area contributed by atoms with E-state index in [4.69, 9.17) is 26.8 Å². The van der Waals surface area contributed by atoms with Gasteiger partial charge >= 0.3 is 0 Å². The van der Waals surface area contributed by atoms with Crippen LogP contribution >= 0.6 is 11.6 Å². The summed E-state index contributed by atoms with van der Waals surface area (Å²) in [7, 11) is 3.26. The van der Waals surface area contributed by atoms with Gasteiger partial charge in [0.1, 0.15) is 11.5 Å². The number of hydrogen-bond acceptors (Lipinski definition) is 4. The van der Waals surface area contributed by atoms with Crippen molar-refractivity contribution in [3.8, 4) is 11.5 Å². The molecule has 0 aromatic heterocycles. The molecule has 5 heteroatoms. The van der Waals surface area contributed by atoms with Crippen LogP contribution in [0.15, 0.2) is 48.5 Å². The van der Waals surface area contributed by atoms with E-state index in [1.807, 2.05) is 24.3 Å². The molecule has 19 heavy (non-hydrogen) atoms. The van der Waals surface area contributed by atoms with Gasteiger partial charge in [-0.05, 0) is 48.5 Å². The Morgan fingerprint density at radius 1 is 0.789 bits per heavy atom. The standard InChI is InChI=1S/C7H7ClO.C7H9NO.H3N/c2*1-9-7-4-2-6(8)3-5-7;/h2-5H,1H3;2-5H,8H2,1H3;1H3. The third kappa shape index (κ3) is 6.55. The lowest BCUT2D eigenvalue weighted by Gasteiger charge is -1.97. The molecular formula is C14H19ClN2O2. The largest absolute Gasteiger partial charge is 0.497 e. The van der Waals surface area contributed by atoms with Gasteiger partial charge < -0.3 is 21.4 Å². The number of anilines is 1. The number of nitrogen functional groups attached to an aromatic ring is 1. The highest BCUT2D eigenvalue weighted by atomic mass is 35.5. The Kier molecular flexibility index (Phi) is 8.17. The maximum Gasteiger partial charge on any atom is 0.119 e. The number of nitrogens with two attached hydrogens (primary N) is 1. The molecule has 0 bridgehead atoms. The van der Waals surface area contributed by atoms with Crippen molar-refractivity contribution >= 4 is 17.3 Å². The number of rotatable bonds is 2. The van der Waals surface area contributed by atoms with Crippen LogP contribution in [0.3, 0.4) is 0 Å². The van der Waals surface area contributed by atoms with Gasteiger partial charge in [0.15, 0.2) is 0 Å². The van der Waals surface area contributed by atoms with E-state index in [-0.39, 0.29) is 6.15 Å². The monoisotopic (exact) mass is 282 g/mol. The Morgan fingerprint density at radius 2 is 1.16 bits per heavy atom. The van der Waals surface area contributed by atoms with E-state index in [2.05, 4.69) is 0 Å². The molecule has 2 rings (SSSR count). The highest BCUT2D eigenvalue weighted by molar-refractivity contribution is 6.30. The van der Waals surface area contributed by atoms with E-state index in [0.29, 0.717) is 0 Å². The number of benzene rings is 2. The van der Waals surface area contributed by atoms with Crippen molar-refractivity contribution in [3.05, 3.63) is 53.6 Å². The van der Waals surface area contributed by atoms with Gasteiger partial charge in [0.25, 0.3) is 0 Å². The average Bonchev–Trinajstić information content (AvgIpc) is 2.41. The van der Waals surface area contributed by atoms with Crippen LogP contribution in [0.2, 0.25) is 5.02 Å². The summed E-state index contributed by atoms with van der Waals surface area (Å²) >= 11 is 5.61. The van der Waals surface area contributed by atoms with Crippen molar-refractivity contribution in [2.24, 2.45) is 0 Å². The van der Waals surface area contributed by atoms with Crippen LogP contribution in [0.25, 0.3) is 0 Å². The lowest BCUT2D eigenvalue weighted by molar-refractivity contribution is 0.414. The molecule has 104 valence electrons. The van der Waals surface area contributed by atoms with Crippen LogP contribution in [-0.4, -0.2) is 14.2 Å². The van der Waals surface area contributed by atoms with Gasteiger partial charge in [-0.3, -0.25) is 0 Å². The predicted octanol–water partition coefficient (Wildman–Crippen LogP) is 3.79. The second-order valence-corrected chi connectivity index (χ2v) is 3.87. The van der Waals surface area contributed by atoms with Crippen molar-refractivity contribution in [1.29, 1.82) is 0 Å². The predicted molar refractivity (Wildman–Crippen MR) is 80.4 cm³/mol. The molecule has 0 atom stereocenters. The molecule has 0 fully saturated rings. The van der Waals surface area contributed by atoms with Gasteiger partial charge in [-0.2, -0.15) is 0 Å². The topological polar surface area (TPSA) is 79.5 Å². The lowest BCUT2D eigenvalue weighted by atomic mass is 10.3. The quantitative estimate of drug-likeness (QED) is 0.821. The summed E-state index contributed by atoms with van der Waals surface area (Å²) in [4.78, 5) is 0. The van der Waals surface area contributed by atoms with Crippen molar-refractivity contribution in [2.45, 2.75) is 0 Å². The molecule has 0 radical (unpaired) electrons. The Balaban J connectivity index is 0.000000324. The summed E-state index contributed by atoms with van der Waals surface area (Å²) in [6, 6.07) is 14.5. The van der Waals surface area contributed by atoms with Crippen LogP contribution in [0.4, 0.5) is 5.69 Å². The first-order valence-corrected chi connectivity index (χ1v) is 5.72. The van der Waals surface area contributed by atoms with Crippen molar-refractivity contribution in [3.63, 3.8) is 0 Å². The van der Waals surface area contributed by atoms with Crippen LogP contribution in [0.1, 0.15) is 0 Å². The van der Waals surface area contributed by atoms with E-state index in [9.17, 15) is 0 Å². The molecule has 0 spiro atoms. The van der Waals surface area contributed by atoms with Crippen molar-refractivity contribution < 1.29 is 9.47 Å². The van der Waals surface area contributed by atoms with Crippen molar-refractivity contribution in [1.82, 2.24) is 6.15 Å². The summed E-state index contributed by atoms with van der Waals surface area (Å²) in [5.41, 5.74) is 6.19. The van der Waals surface area contributed by atoms with Crippen LogP contribution in [0.5, 0.6) is 11.5 Å². The molecule has 0 unspecified atom stereocenters. The van der Waals surface area contributed by atoms with E-state index >= 15 is 0 Å². The Labute approximate surface area is 118 Å². The SMILES string of the molecule is COc1ccc(Cl)cc1.COc1ccc(N)cc1.N. The molecule has 2 aromatic carbocycles. The highest BCUT2D eigenvalue weighted by Crippen LogP contribution is 2.14. The fraction of sp³-hybridized carbons (Fsp3) is 0.143. The zero-order valence-corrected chi connectivity index (χ0v) is 11.9. The average molecular weight is 283 g/mol. The lowest BCUT2D eigenvalue weighted by Crippen LogP contribution is -1.84. The fourth-order valence-corrected chi connectivity index (χ4v) is 1.30. The number of halogens is 1. The normalized spacial score (nSPS) is 8.58. The number of ether oxygens (including phenoxy) is 2. The zero-order chi connectivity index (χ0) is 13.4. The summed E-state index contributed by atoms with van der Waals surface area (Å²) in [5.74, 6) is 1.67. The first-order chi connectivity index (χ1) is 8.65. The first kappa shape index (κ1) is 17.1. The summed E-state index contributed by atoms with van der Waals surface area (Å²) in [6.07, 6.45) is 0. The van der Waals surface area contributed by atoms with Gasteiger partial charge in [0.05, 0.1) is 14.2 Å². The third-order valence-corrected chi connectivity index (χ3v) is 2.42. The maximum absolute atomic E-state index is 5.61. The van der Waals surface area contributed by atoms with Gasteiger partial charge in [0.2, 0.25) is 0 Å². The molecule has 0 amide bonds. The second kappa shape index (κ2) is 9.08. The van der Waals surface area contributed by atoms with E-state index in [0.717, 1.165) is 22.2 Å². The summed E-state index contributed by atoms with van der Waals surface area (Å²) in [6.45, 7) is 0. The van der Waals surface area contributed by atoms with Gasteiger partial charge in [0, 0.05) is 10.7 Å². The Bertz CT molecular complexity index is 412. The van der Waals surface area contributed by atoms with E-state index in [1.54, 1.807) is 38.5 Å². The van der Waals surface area contributed by atoms with Gasteiger partial charge in [-0.1, -0.05) is 11.6 Å². The first-order valence-electron chi connectivity index (χ1n) is 5.35. The Morgan fingerprint density at radius 3 is 1.53 bits per heavy atom. The van der Waals surface area contributed by atoms with Crippen LogP contribution in [0, 0.1) is 0 Å². The highest BCUT2D eigenvalue weighted by Gasteiger charge is 1.87. The van der Waals surface area contributed by atoms with Crippen LogP contribution in [-0.2, 0) is 0 Å². The van der Waals surface area contributed by atoms with Gasteiger partial charge in [-0.15, -0.1) is 0 Å². The third-order valence-electron chi connectivity index (χ3n) is 2.17. The van der Waals surface area contributed by atoms with Gasteiger partial charge in [-0.25, -0.2) is 0 Å². The smallest absolute Gasteiger partial charge is 0.119 e. The number of hydrogen-bond donors (Lipinski definition) is 2. The minimum Gasteiger partial charge on any atom is -0.497 e. The molecule has 4 nitrogen and oxygen atoms in total. The maximum atomic E-state index is 5.61. The second-order valence-electron chi connectivity index (χ2n) is 3.43. The zero-order valence-electron chi connectivity index (χ0n) is 11.1. The summed E-state index contributed by atoms with van der Waals surface area (Å²) in [5, 5.41) is 0.732. The molecule has 5 N–H and O–H groups in total. The molecule has 0 aliphatic rings. The minimum absolute atomic E-state index is 0. The van der Waals surface area contributed by atoms with E-state index < -0.39 is 0 Å². The molecule has 0 saturated carbocycles. The Hall–Kier alpha value is -1.91. The van der Waals surface area contributed by atoms with Crippen LogP contribution < -0.4 is 21.4 Å². The number of methoxy groups -OCH3 is 2. The summed E-state index contributed by atoms with van der Waals surface area (Å²) < 4.78 is 9.82.